The number of benzene rings is 1. The second-order valence-electron chi connectivity index (χ2n) is 3.02. The predicted octanol–water partition coefficient (Wildman–Crippen LogP) is 2.85. The molecule has 2 rings (SSSR count). The monoisotopic (exact) mass is 265 g/mol. The van der Waals surface area contributed by atoms with Crippen LogP contribution in [0.15, 0.2) is 39.4 Å². The molecule has 76 valence electrons. The zero-order valence-corrected chi connectivity index (χ0v) is 9.40. The molecule has 15 heavy (non-hydrogen) atoms. The van der Waals surface area contributed by atoms with Crippen LogP contribution in [-0.4, -0.2) is 11.3 Å². The standard InChI is InChI=1S/C11H8BrNO2/c12-9-3-1-8(2-4-9)11-13-10(5-6-14)7-15-11/h1-4,6-7H,5H2. The van der Waals surface area contributed by atoms with E-state index in [4.69, 9.17) is 4.42 Å². The topological polar surface area (TPSA) is 43.1 Å². The number of rotatable bonds is 3. The second kappa shape index (κ2) is 4.40. The molecule has 1 aromatic carbocycles. The van der Waals surface area contributed by atoms with Crippen molar-refractivity contribution in [3.8, 4) is 11.5 Å². The van der Waals surface area contributed by atoms with Gasteiger partial charge in [-0.05, 0) is 24.3 Å². The van der Waals surface area contributed by atoms with Gasteiger partial charge in [0.05, 0.1) is 5.69 Å². The highest BCUT2D eigenvalue weighted by Gasteiger charge is 2.05. The van der Waals surface area contributed by atoms with Gasteiger partial charge in [-0.2, -0.15) is 0 Å². The molecule has 0 atom stereocenters. The summed E-state index contributed by atoms with van der Waals surface area (Å²) in [6, 6.07) is 7.64. The summed E-state index contributed by atoms with van der Waals surface area (Å²) in [6.45, 7) is 0. The molecule has 0 aliphatic heterocycles. The van der Waals surface area contributed by atoms with E-state index < -0.39 is 0 Å². The molecule has 0 unspecified atom stereocenters. The van der Waals surface area contributed by atoms with Gasteiger partial charge in [-0.15, -0.1) is 0 Å². The normalized spacial score (nSPS) is 10.2. The molecule has 0 bridgehead atoms. The highest BCUT2D eigenvalue weighted by molar-refractivity contribution is 9.10. The fraction of sp³-hybridized carbons (Fsp3) is 0.0909. The van der Waals surface area contributed by atoms with Gasteiger partial charge in [0.15, 0.2) is 0 Å². The minimum Gasteiger partial charge on any atom is -0.444 e. The molecule has 0 saturated carbocycles. The first-order valence-electron chi connectivity index (χ1n) is 4.43. The van der Waals surface area contributed by atoms with Crippen LogP contribution < -0.4 is 0 Å². The van der Waals surface area contributed by atoms with E-state index in [9.17, 15) is 4.79 Å². The quantitative estimate of drug-likeness (QED) is 0.802. The van der Waals surface area contributed by atoms with Crippen molar-refractivity contribution < 1.29 is 9.21 Å². The van der Waals surface area contributed by atoms with Crippen LogP contribution in [0.2, 0.25) is 0 Å². The highest BCUT2D eigenvalue weighted by Crippen LogP contribution is 2.20. The second-order valence-corrected chi connectivity index (χ2v) is 3.94. The summed E-state index contributed by atoms with van der Waals surface area (Å²) in [7, 11) is 0. The smallest absolute Gasteiger partial charge is 0.226 e. The largest absolute Gasteiger partial charge is 0.444 e. The van der Waals surface area contributed by atoms with Crippen LogP contribution in [0.5, 0.6) is 0 Å². The van der Waals surface area contributed by atoms with Gasteiger partial charge in [0.2, 0.25) is 5.89 Å². The third kappa shape index (κ3) is 2.33. The van der Waals surface area contributed by atoms with Crippen molar-refractivity contribution in [2.45, 2.75) is 6.42 Å². The number of carbonyl (C=O) groups excluding carboxylic acids is 1. The lowest BCUT2D eigenvalue weighted by Crippen LogP contribution is -1.85. The molecule has 0 aliphatic carbocycles. The Morgan fingerprint density at radius 3 is 2.73 bits per heavy atom. The molecule has 0 fully saturated rings. The molecule has 0 radical (unpaired) electrons. The zero-order valence-electron chi connectivity index (χ0n) is 7.81. The molecule has 0 amide bonds. The van der Waals surface area contributed by atoms with Crippen LogP contribution in [0.4, 0.5) is 0 Å². The summed E-state index contributed by atoms with van der Waals surface area (Å²) in [5, 5.41) is 0. The summed E-state index contributed by atoms with van der Waals surface area (Å²) in [5.41, 5.74) is 1.55. The Morgan fingerprint density at radius 2 is 2.07 bits per heavy atom. The Labute approximate surface area is 95.3 Å². The summed E-state index contributed by atoms with van der Waals surface area (Å²) in [5.74, 6) is 0.541. The first kappa shape index (κ1) is 10.1. The maximum absolute atomic E-state index is 10.3. The molecule has 0 saturated heterocycles. The molecule has 4 heteroatoms. The molecule has 0 aliphatic rings. The average Bonchev–Trinajstić information content (AvgIpc) is 2.68. The fourth-order valence-electron chi connectivity index (χ4n) is 1.21. The minimum atomic E-state index is 0.292. The first-order valence-corrected chi connectivity index (χ1v) is 5.23. The Kier molecular flexibility index (Phi) is 2.97. The summed E-state index contributed by atoms with van der Waals surface area (Å²) >= 11 is 3.35. The van der Waals surface area contributed by atoms with Crippen LogP contribution in [0.3, 0.4) is 0 Å². The van der Waals surface area contributed by atoms with Crippen molar-refractivity contribution in [2.24, 2.45) is 0 Å². The van der Waals surface area contributed by atoms with Crippen LogP contribution in [0.1, 0.15) is 5.69 Å². The Bertz CT molecular complexity index is 462. The number of halogens is 1. The third-order valence-electron chi connectivity index (χ3n) is 1.94. The minimum absolute atomic E-state index is 0.292. The van der Waals surface area contributed by atoms with Crippen LogP contribution in [0, 0.1) is 0 Å². The van der Waals surface area contributed by atoms with Gasteiger partial charge in [-0.25, -0.2) is 4.98 Å². The lowest BCUT2D eigenvalue weighted by atomic mass is 10.2. The van der Waals surface area contributed by atoms with Crippen LogP contribution in [0.25, 0.3) is 11.5 Å². The van der Waals surface area contributed by atoms with Gasteiger partial charge >= 0.3 is 0 Å². The van der Waals surface area contributed by atoms with E-state index in [1.165, 1.54) is 6.26 Å². The molecular formula is C11H8BrNO2. The summed E-state index contributed by atoms with van der Waals surface area (Å²) in [6.07, 6.45) is 2.61. The Balaban J connectivity index is 2.28. The number of hydrogen-bond acceptors (Lipinski definition) is 3. The molecule has 2 aromatic rings. The third-order valence-corrected chi connectivity index (χ3v) is 2.46. The number of aldehydes is 1. The average molecular weight is 266 g/mol. The predicted molar refractivity (Wildman–Crippen MR) is 59.4 cm³/mol. The summed E-state index contributed by atoms with van der Waals surface area (Å²) < 4.78 is 6.26. The number of oxazole rings is 1. The van der Waals surface area contributed by atoms with E-state index in [0.29, 0.717) is 18.0 Å². The van der Waals surface area contributed by atoms with Gasteiger partial charge in [-0.3, -0.25) is 0 Å². The van der Waals surface area contributed by atoms with E-state index in [2.05, 4.69) is 20.9 Å². The first-order chi connectivity index (χ1) is 7.29. The van der Waals surface area contributed by atoms with Gasteiger partial charge in [-0.1, -0.05) is 15.9 Å². The number of carbonyl (C=O) groups is 1. The van der Waals surface area contributed by atoms with Crippen molar-refractivity contribution in [1.82, 2.24) is 4.98 Å². The van der Waals surface area contributed by atoms with Crippen molar-refractivity contribution in [2.75, 3.05) is 0 Å². The Hall–Kier alpha value is -1.42. The van der Waals surface area contributed by atoms with Crippen molar-refractivity contribution in [3.05, 3.63) is 40.7 Å². The van der Waals surface area contributed by atoms with E-state index in [0.717, 1.165) is 16.3 Å². The molecular weight excluding hydrogens is 258 g/mol. The highest BCUT2D eigenvalue weighted by atomic mass is 79.9. The van der Waals surface area contributed by atoms with Crippen LogP contribution >= 0.6 is 15.9 Å². The molecule has 0 N–H and O–H groups in total. The molecule has 0 spiro atoms. The van der Waals surface area contributed by atoms with Gasteiger partial charge in [0.25, 0.3) is 0 Å². The number of nitrogens with zero attached hydrogens (tertiary/aromatic N) is 1. The van der Waals surface area contributed by atoms with E-state index in [-0.39, 0.29) is 0 Å². The molecule has 1 aromatic heterocycles. The van der Waals surface area contributed by atoms with Crippen LogP contribution in [-0.2, 0) is 11.2 Å². The van der Waals surface area contributed by atoms with Gasteiger partial charge in [0, 0.05) is 16.5 Å². The van der Waals surface area contributed by atoms with Gasteiger partial charge < -0.3 is 9.21 Å². The maximum atomic E-state index is 10.3. The molecule has 1 heterocycles. The fourth-order valence-corrected chi connectivity index (χ4v) is 1.48. The maximum Gasteiger partial charge on any atom is 0.226 e. The van der Waals surface area contributed by atoms with Gasteiger partial charge in [0.1, 0.15) is 12.5 Å². The van der Waals surface area contributed by atoms with Crippen molar-refractivity contribution in [3.63, 3.8) is 0 Å². The number of aromatic nitrogens is 1. The zero-order chi connectivity index (χ0) is 10.7. The van der Waals surface area contributed by atoms with Crippen molar-refractivity contribution >= 4 is 22.2 Å². The SMILES string of the molecule is O=CCc1coc(-c2ccc(Br)cc2)n1. The van der Waals surface area contributed by atoms with E-state index in [1.807, 2.05) is 24.3 Å². The Morgan fingerprint density at radius 1 is 1.33 bits per heavy atom. The van der Waals surface area contributed by atoms with Crippen molar-refractivity contribution in [1.29, 1.82) is 0 Å². The summed E-state index contributed by atoms with van der Waals surface area (Å²) in [4.78, 5) is 14.5. The lowest BCUT2D eigenvalue weighted by molar-refractivity contribution is -0.107. The number of hydrogen-bond donors (Lipinski definition) is 0. The van der Waals surface area contributed by atoms with E-state index >= 15 is 0 Å². The van der Waals surface area contributed by atoms with E-state index in [1.54, 1.807) is 0 Å². The lowest BCUT2D eigenvalue weighted by Gasteiger charge is -1.94. The molecule has 3 nitrogen and oxygen atoms in total.